The Balaban J connectivity index is 2.54. The van der Waals surface area contributed by atoms with Crippen LogP contribution < -0.4 is 0 Å². The average molecular weight is 281 g/mol. The van der Waals surface area contributed by atoms with Gasteiger partial charge in [0.15, 0.2) is 0 Å². The van der Waals surface area contributed by atoms with Crippen LogP contribution in [0.5, 0.6) is 0 Å². The molecule has 1 rings (SSSR count). The lowest BCUT2D eigenvalue weighted by atomic mass is 9.64. The molecule has 20 heavy (non-hydrogen) atoms. The third-order valence-electron chi connectivity index (χ3n) is 6.05. The van der Waals surface area contributed by atoms with Gasteiger partial charge in [0.1, 0.15) is 0 Å². The molecule has 0 nitrogen and oxygen atoms in total. The van der Waals surface area contributed by atoms with Crippen LogP contribution >= 0.6 is 0 Å². The Hall–Kier alpha value is 0. The highest BCUT2D eigenvalue weighted by Crippen LogP contribution is 2.44. The smallest absolute Gasteiger partial charge is 0.0357 e. The van der Waals surface area contributed by atoms with E-state index in [1.165, 1.54) is 64.2 Å². The third-order valence-corrected chi connectivity index (χ3v) is 6.05. The van der Waals surface area contributed by atoms with E-state index >= 15 is 0 Å². The Morgan fingerprint density at radius 1 is 0.700 bits per heavy atom. The van der Waals surface area contributed by atoms with Crippen molar-refractivity contribution in [2.45, 2.75) is 98.8 Å². The van der Waals surface area contributed by atoms with Gasteiger partial charge in [0, 0.05) is 0 Å². The minimum Gasteiger partial charge on any atom is -0.0654 e. The molecular formula is C20H40. The van der Waals surface area contributed by atoms with Crippen molar-refractivity contribution in [1.29, 1.82) is 0 Å². The zero-order valence-electron chi connectivity index (χ0n) is 15.0. The summed E-state index contributed by atoms with van der Waals surface area (Å²) in [5.41, 5.74) is 0. The van der Waals surface area contributed by atoms with Crippen LogP contribution in [0.2, 0.25) is 0 Å². The summed E-state index contributed by atoms with van der Waals surface area (Å²) in [4.78, 5) is 0. The van der Waals surface area contributed by atoms with Gasteiger partial charge >= 0.3 is 0 Å². The van der Waals surface area contributed by atoms with Crippen molar-refractivity contribution >= 4 is 0 Å². The van der Waals surface area contributed by atoms with Crippen molar-refractivity contribution < 1.29 is 0 Å². The lowest BCUT2D eigenvalue weighted by molar-refractivity contribution is 0.0855. The molecule has 0 spiro atoms. The Labute approximate surface area is 129 Å². The third kappa shape index (κ3) is 5.78. The molecule has 0 saturated heterocycles. The van der Waals surface area contributed by atoms with E-state index in [2.05, 4.69) is 34.6 Å². The summed E-state index contributed by atoms with van der Waals surface area (Å²) < 4.78 is 0. The molecular weight excluding hydrogens is 240 g/mol. The van der Waals surface area contributed by atoms with Crippen molar-refractivity contribution in [3.63, 3.8) is 0 Å². The predicted molar refractivity (Wildman–Crippen MR) is 92.0 cm³/mol. The molecule has 0 aromatic carbocycles. The van der Waals surface area contributed by atoms with Crippen LogP contribution in [-0.2, 0) is 0 Å². The van der Waals surface area contributed by atoms with Crippen LogP contribution in [0.15, 0.2) is 0 Å². The number of rotatable bonds is 9. The first-order chi connectivity index (χ1) is 9.60. The predicted octanol–water partition coefficient (Wildman–Crippen LogP) is 7.08. The maximum Gasteiger partial charge on any atom is -0.0357 e. The second-order valence-corrected chi connectivity index (χ2v) is 7.82. The maximum absolute atomic E-state index is 2.54. The summed E-state index contributed by atoms with van der Waals surface area (Å²) in [5, 5.41) is 0. The molecule has 0 bridgehead atoms. The second-order valence-electron chi connectivity index (χ2n) is 7.82. The first-order valence-corrected chi connectivity index (χ1v) is 9.60. The Kier molecular flexibility index (Phi) is 8.89. The number of hydrogen-bond donors (Lipinski definition) is 0. The summed E-state index contributed by atoms with van der Waals surface area (Å²) in [5.74, 6) is 4.92. The minimum absolute atomic E-state index is 0.952. The molecule has 0 aromatic heterocycles. The van der Waals surface area contributed by atoms with E-state index in [9.17, 15) is 0 Å². The normalized spacial score (nSPS) is 30.9. The van der Waals surface area contributed by atoms with Crippen LogP contribution in [0, 0.1) is 29.6 Å². The molecule has 1 fully saturated rings. The van der Waals surface area contributed by atoms with Crippen LogP contribution in [0.3, 0.4) is 0 Å². The summed E-state index contributed by atoms with van der Waals surface area (Å²) in [6, 6.07) is 0. The van der Waals surface area contributed by atoms with Gasteiger partial charge < -0.3 is 0 Å². The molecule has 4 atom stereocenters. The Morgan fingerprint density at radius 2 is 1.20 bits per heavy atom. The van der Waals surface area contributed by atoms with Crippen LogP contribution in [-0.4, -0.2) is 0 Å². The molecule has 0 heteroatoms. The van der Waals surface area contributed by atoms with Crippen molar-refractivity contribution in [3.05, 3.63) is 0 Å². The molecule has 0 N–H and O–H groups in total. The molecule has 0 radical (unpaired) electrons. The van der Waals surface area contributed by atoms with E-state index in [0.717, 1.165) is 29.6 Å². The average Bonchev–Trinajstić information content (AvgIpc) is 2.42. The quantitative estimate of drug-likeness (QED) is 0.396. The van der Waals surface area contributed by atoms with E-state index in [4.69, 9.17) is 0 Å². The molecule has 1 saturated carbocycles. The SMILES string of the molecule is CCCCCC(CCCCC)C1CC(C)C(C)CC1C. The van der Waals surface area contributed by atoms with Crippen molar-refractivity contribution in [2.75, 3.05) is 0 Å². The molecule has 0 amide bonds. The highest BCUT2D eigenvalue weighted by atomic mass is 14.4. The molecule has 1 aliphatic carbocycles. The van der Waals surface area contributed by atoms with E-state index in [1.807, 2.05) is 0 Å². The van der Waals surface area contributed by atoms with E-state index in [-0.39, 0.29) is 0 Å². The van der Waals surface area contributed by atoms with E-state index in [0.29, 0.717) is 0 Å². The minimum atomic E-state index is 0.952. The van der Waals surface area contributed by atoms with Gasteiger partial charge in [0.25, 0.3) is 0 Å². The highest BCUT2D eigenvalue weighted by Gasteiger charge is 2.34. The van der Waals surface area contributed by atoms with Gasteiger partial charge in [-0.25, -0.2) is 0 Å². The molecule has 120 valence electrons. The maximum atomic E-state index is 2.54. The lowest BCUT2D eigenvalue weighted by Gasteiger charge is -2.41. The van der Waals surface area contributed by atoms with Crippen molar-refractivity contribution in [1.82, 2.24) is 0 Å². The van der Waals surface area contributed by atoms with Gasteiger partial charge in [-0.3, -0.25) is 0 Å². The summed E-state index contributed by atoms with van der Waals surface area (Å²) >= 11 is 0. The molecule has 0 aliphatic heterocycles. The second kappa shape index (κ2) is 9.85. The van der Waals surface area contributed by atoms with E-state index < -0.39 is 0 Å². The van der Waals surface area contributed by atoms with Gasteiger partial charge in [0.05, 0.1) is 0 Å². The summed E-state index contributed by atoms with van der Waals surface area (Å²) in [7, 11) is 0. The molecule has 0 aromatic rings. The van der Waals surface area contributed by atoms with Crippen LogP contribution in [0.4, 0.5) is 0 Å². The molecule has 0 heterocycles. The number of unbranched alkanes of at least 4 members (excludes halogenated alkanes) is 4. The topological polar surface area (TPSA) is 0 Å². The monoisotopic (exact) mass is 280 g/mol. The Bertz CT molecular complexity index is 222. The summed E-state index contributed by atoms with van der Waals surface area (Å²) in [6.45, 7) is 12.2. The van der Waals surface area contributed by atoms with Gasteiger partial charge in [-0.15, -0.1) is 0 Å². The largest absolute Gasteiger partial charge is 0.0654 e. The fourth-order valence-corrected chi connectivity index (χ4v) is 4.43. The van der Waals surface area contributed by atoms with Gasteiger partial charge in [-0.05, 0) is 42.4 Å². The Morgan fingerprint density at radius 3 is 1.70 bits per heavy atom. The fourth-order valence-electron chi connectivity index (χ4n) is 4.43. The van der Waals surface area contributed by atoms with Crippen molar-refractivity contribution in [3.8, 4) is 0 Å². The first kappa shape index (κ1) is 18.1. The summed E-state index contributed by atoms with van der Waals surface area (Å²) in [6.07, 6.45) is 14.6. The number of hydrogen-bond acceptors (Lipinski definition) is 0. The van der Waals surface area contributed by atoms with E-state index in [1.54, 1.807) is 0 Å². The zero-order valence-corrected chi connectivity index (χ0v) is 15.0. The van der Waals surface area contributed by atoms with Crippen LogP contribution in [0.1, 0.15) is 98.8 Å². The lowest BCUT2D eigenvalue weighted by Crippen LogP contribution is -2.32. The molecule has 4 unspecified atom stereocenters. The van der Waals surface area contributed by atoms with Gasteiger partial charge in [-0.2, -0.15) is 0 Å². The molecule has 1 aliphatic rings. The zero-order chi connectivity index (χ0) is 15.0. The first-order valence-electron chi connectivity index (χ1n) is 9.60. The van der Waals surface area contributed by atoms with Gasteiger partial charge in [-0.1, -0.05) is 86.0 Å². The van der Waals surface area contributed by atoms with Crippen molar-refractivity contribution in [2.24, 2.45) is 29.6 Å². The standard InChI is InChI=1S/C20H40/c1-6-8-10-12-19(13-11-9-7-2)20-15-17(4)16(3)14-18(20)5/h16-20H,6-15H2,1-5H3. The highest BCUT2D eigenvalue weighted by molar-refractivity contribution is 4.84. The van der Waals surface area contributed by atoms with Gasteiger partial charge in [0.2, 0.25) is 0 Å². The van der Waals surface area contributed by atoms with Crippen LogP contribution in [0.25, 0.3) is 0 Å². The fraction of sp³-hybridized carbons (Fsp3) is 1.00.